The number of nitrogens with one attached hydrogen (secondary N) is 1. The van der Waals surface area contributed by atoms with Crippen molar-refractivity contribution in [3.8, 4) is 0 Å². The summed E-state index contributed by atoms with van der Waals surface area (Å²) in [4.78, 5) is 0. The van der Waals surface area contributed by atoms with E-state index in [1.165, 1.54) is 20.4 Å². The van der Waals surface area contributed by atoms with Gasteiger partial charge >= 0.3 is 0 Å². The monoisotopic (exact) mass is 383 g/mol. The molecule has 2 rings (SSSR count). The minimum atomic E-state index is 0.441. The van der Waals surface area contributed by atoms with Gasteiger partial charge in [0.05, 0.1) is 5.69 Å². The fourth-order valence-electron chi connectivity index (χ4n) is 2.54. The zero-order chi connectivity index (χ0) is 14.7. The third kappa shape index (κ3) is 3.61. The number of nitrogens with zero attached hydrogens (tertiary/aromatic N) is 2. The molecule has 0 saturated carbocycles. The van der Waals surface area contributed by atoms with Gasteiger partial charge in [-0.15, -0.1) is 0 Å². The van der Waals surface area contributed by atoms with Gasteiger partial charge in [-0.3, -0.25) is 4.68 Å². The molecule has 0 saturated heterocycles. The van der Waals surface area contributed by atoms with Crippen LogP contribution in [0.4, 0.5) is 0 Å². The lowest BCUT2D eigenvalue weighted by Crippen LogP contribution is -2.30. The van der Waals surface area contributed by atoms with E-state index in [0.717, 1.165) is 18.5 Å². The van der Waals surface area contributed by atoms with Gasteiger partial charge in [0.1, 0.15) is 0 Å². The molecule has 1 unspecified atom stereocenters. The molecule has 1 N–H and O–H groups in total. The second-order valence-electron chi connectivity index (χ2n) is 5.29. The van der Waals surface area contributed by atoms with E-state index < -0.39 is 0 Å². The zero-order valence-electron chi connectivity index (χ0n) is 12.6. The van der Waals surface area contributed by atoms with Crippen LogP contribution >= 0.6 is 22.6 Å². The maximum Gasteiger partial charge on any atom is 0.0628 e. The SMILES string of the molecule is CNC(Cc1ccc(I)cc1)Cc1c(C)nn(C)c1C. The molecule has 20 heavy (non-hydrogen) atoms. The molecule has 1 atom stereocenters. The molecule has 0 aliphatic rings. The minimum Gasteiger partial charge on any atom is -0.316 e. The Balaban J connectivity index is 2.11. The van der Waals surface area contributed by atoms with E-state index in [1.54, 1.807) is 0 Å². The molecule has 0 aliphatic heterocycles. The third-order valence-corrected chi connectivity index (χ3v) is 4.63. The number of aryl methyl sites for hydroxylation is 2. The Bertz CT molecular complexity index is 572. The lowest BCUT2D eigenvalue weighted by atomic mass is 9.98. The molecule has 0 spiro atoms. The Kier molecular flexibility index (Phi) is 5.21. The number of aromatic nitrogens is 2. The first kappa shape index (κ1) is 15.5. The molecule has 2 aromatic rings. The van der Waals surface area contributed by atoms with Crippen LogP contribution in [0.1, 0.15) is 22.5 Å². The molecule has 0 fully saturated rings. The molecule has 4 heteroatoms. The Labute approximate surface area is 134 Å². The minimum absolute atomic E-state index is 0.441. The molecule has 108 valence electrons. The van der Waals surface area contributed by atoms with Crippen molar-refractivity contribution in [2.24, 2.45) is 7.05 Å². The predicted molar refractivity (Wildman–Crippen MR) is 92.1 cm³/mol. The maximum absolute atomic E-state index is 4.50. The van der Waals surface area contributed by atoms with E-state index in [0.29, 0.717) is 6.04 Å². The van der Waals surface area contributed by atoms with Crippen molar-refractivity contribution in [1.29, 1.82) is 0 Å². The topological polar surface area (TPSA) is 29.9 Å². The van der Waals surface area contributed by atoms with Crippen molar-refractivity contribution >= 4 is 22.6 Å². The van der Waals surface area contributed by atoms with Crippen molar-refractivity contribution in [3.63, 3.8) is 0 Å². The van der Waals surface area contributed by atoms with Gasteiger partial charge in [-0.25, -0.2) is 0 Å². The first-order valence-electron chi connectivity index (χ1n) is 6.92. The Hall–Kier alpha value is -0.880. The number of hydrogen-bond donors (Lipinski definition) is 1. The molecular formula is C16H22IN3. The number of hydrogen-bond acceptors (Lipinski definition) is 2. The van der Waals surface area contributed by atoms with Gasteiger partial charge in [0.25, 0.3) is 0 Å². The summed E-state index contributed by atoms with van der Waals surface area (Å²) in [5, 5.41) is 7.94. The fourth-order valence-corrected chi connectivity index (χ4v) is 2.90. The quantitative estimate of drug-likeness (QED) is 0.805. The first-order valence-corrected chi connectivity index (χ1v) is 8.00. The van der Waals surface area contributed by atoms with E-state index in [9.17, 15) is 0 Å². The van der Waals surface area contributed by atoms with Gasteiger partial charge in [0.2, 0.25) is 0 Å². The summed E-state index contributed by atoms with van der Waals surface area (Å²) >= 11 is 2.34. The number of benzene rings is 1. The largest absolute Gasteiger partial charge is 0.316 e. The van der Waals surface area contributed by atoms with Crippen LogP contribution in [0.2, 0.25) is 0 Å². The normalized spacial score (nSPS) is 12.7. The van der Waals surface area contributed by atoms with Crippen LogP contribution in [0.25, 0.3) is 0 Å². The number of halogens is 1. The molecule has 0 aliphatic carbocycles. The summed E-state index contributed by atoms with van der Waals surface area (Å²) in [6.45, 7) is 4.24. The molecule has 1 aromatic carbocycles. The highest BCUT2D eigenvalue weighted by Gasteiger charge is 2.15. The van der Waals surface area contributed by atoms with Crippen LogP contribution < -0.4 is 5.32 Å². The molecule has 1 heterocycles. The molecule has 0 amide bonds. The summed E-state index contributed by atoms with van der Waals surface area (Å²) in [6, 6.07) is 9.22. The summed E-state index contributed by atoms with van der Waals surface area (Å²) in [5.74, 6) is 0. The van der Waals surface area contributed by atoms with Gasteiger partial charge in [-0.2, -0.15) is 5.10 Å². The van der Waals surface area contributed by atoms with Crippen LogP contribution in [-0.4, -0.2) is 22.9 Å². The average Bonchev–Trinajstić information content (AvgIpc) is 2.66. The third-order valence-electron chi connectivity index (χ3n) is 3.91. The molecule has 3 nitrogen and oxygen atoms in total. The van der Waals surface area contributed by atoms with Crippen molar-refractivity contribution < 1.29 is 0 Å². The van der Waals surface area contributed by atoms with Crippen LogP contribution in [0.15, 0.2) is 24.3 Å². The summed E-state index contributed by atoms with van der Waals surface area (Å²) in [5.41, 5.74) is 5.17. The highest BCUT2D eigenvalue weighted by Crippen LogP contribution is 2.16. The summed E-state index contributed by atoms with van der Waals surface area (Å²) in [7, 11) is 4.05. The van der Waals surface area contributed by atoms with Crippen LogP contribution in [-0.2, 0) is 19.9 Å². The number of likely N-dealkylation sites (N-methyl/N-ethyl adjacent to an activating group) is 1. The highest BCUT2D eigenvalue weighted by molar-refractivity contribution is 14.1. The average molecular weight is 383 g/mol. The molecule has 0 bridgehead atoms. The van der Waals surface area contributed by atoms with E-state index in [2.05, 4.69) is 71.1 Å². The van der Waals surface area contributed by atoms with Crippen molar-refractivity contribution in [3.05, 3.63) is 50.4 Å². The van der Waals surface area contributed by atoms with Gasteiger partial charge in [-0.05, 0) is 79.6 Å². The number of rotatable bonds is 5. The first-order chi connectivity index (χ1) is 9.51. The smallest absolute Gasteiger partial charge is 0.0628 e. The van der Waals surface area contributed by atoms with Gasteiger partial charge in [0.15, 0.2) is 0 Å². The van der Waals surface area contributed by atoms with Crippen molar-refractivity contribution in [1.82, 2.24) is 15.1 Å². The standard InChI is InChI=1S/C16H22IN3/c1-11-16(12(2)20(4)19-11)10-15(18-3)9-13-5-7-14(17)8-6-13/h5-8,15,18H,9-10H2,1-4H3. The van der Waals surface area contributed by atoms with E-state index in [1.807, 2.05) is 18.8 Å². The Morgan fingerprint density at radius 1 is 1.20 bits per heavy atom. The van der Waals surface area contributed by atoms with E-state index in [-0.39, 0.29) is 0 Å². The lowest BCUT2D eigenvalue weighted by Gasteiger charge is -2.17. The molecular weight excluding hydrogens is 361 g/mol. The Morgan fingerprint density at radius 3 is 2.35 bits per heavy atom. The van der Waals surface area contributed by atoms with E-state index >= 15 is 0 Å². The fraction of sp³-hybridized carbons (Fsp3) is 0.438. The predicted octanol–water partition coefficient (Wildman–Crippen LogP) is 3.01. The van der Waals surface area contributed by atoms with Crippen molar-refractivity contribution in [2.45, 2.75) is 32.7 Å². The molecule has 0 radical (unpaired) electrons. The van der Waals surface area contributed by atoms with Crippen LogP contribution in [0.3, 0.4) is 0 Å². The van der Waals surface area contributed by atoms with Gasteiger partial charge in [0, 0.05) is 22.4 Å². The van der Waals surface area contributed by atoms with Gasteiger partial charge < -0.3 is 5.32 Å². The summed E-state index contributed by atoms with van der Waals surface area (Å²) < 4.78 is 3.26. The lowest BCUT2D eigenvalue weighted by molar-refractivity contribution is 0.553. The van der Waals surface area contributed by atoms with Crippen LogP contribution in [0, 0.1) is 17.4 Å². The Morgan fingerprint density at radius 2 is 1.85 bits per heavy atom. The second-order valence-corrected chi connectivity index (χ2v) is 6.54. The molecule has 1 aromatic heterocycles. The zero-order valence-corrected chi connectivity index (χ0v) is 14.7. The second kappa shape index (κ2) is 6.72. The van der Waals surface area contributed by atoms with Crippen LogP contribution in [0.5, 0.6) is 0 Å². The summed E-state index contributed by atoms with van der Waals surface area (Å²) in [6.07, 6.45) is 2.06. The van der Waals surface area contributed by atoms with E-state index in [4.69, 9.17) is 0 Å². The maximum atomic E-state index is 4.50. The highest BCUT2D eigenvalue weighted by atomic mass is 127. The van der Waals surface area contributed by atoms with Crippen molar-refractivity contribution in [2.75, 3.05) is 7.05 Å². The van der Waals surface area contributed by atoms with Gasteiger partial charge in [-0.1, -0.05) is 12.1 Å².